The fourth-order valence-corrected chi connectivity index (χ4v) is 4.53. The third-order valence-electron chi connectivity index (χ3n) is 6.27. The number of piperidine rings is 2. The van der Waals surface area contributed by atoms with E-state index >= 15 is 0 Å². The highest BCUT2D eigenvalue weighted by Crippen LogP contribution is 2.31. The standard InChI is InChI=1S/C21H29N5O2/c1-28-21-18(13-22)19(6-9-23-21)25-11-7-17(8-12-25)26-10-2-3-15(14-26)20(27)24-16-4-5-16/h6,9,15-17H,2-5,7-8,10-12,14H2,1H3,(H,24,27). The molecule has 7 heteroatoms. The molecule has 28 heavy (non-hydrogen) atoms. The van der Waals surface area contributed by atoms with Gasteiger partial charge in [-0.1, -0.05) is 0 Å². The van der Waals surface area contributed by atoms with E-state index < -0.39 is 0 Å². The lowest BCUT2D eigenvalue weighted by atomic mass is 9.93. The van der Waals surface area contributed by atoms with Crippen LogP contribution in [0.25, 0.3) is 0 Å². The Morgan fingerprint density at radius 1 is 1.25 bits per heavy atom. The van der Waals surface area contributed by atoms with Gasteiger partial charge in [0, 0.05) is 37.9 Å². The van der Waals surface area contributed by atoms with Crippen molar-refractivity contribution in [3.63, 3.8) is 0 Å². The number of hydrogen-bond donors (Lipinski definition) is 1. The van der Waals surface area contributed by atoms with Gasteiger partial charge in [-0.25, -0.2) is 4.98 Å². The van der Waals surface area contributed by atoms with Crippen molar-refractivity contribution in [3.05, 3.63) is 17.8 Å². The normalized spacial score (nSPS) is 23.9. The van der Waals surface area contributed by atoms with E-state index in [0.29, 0.717) is 23.5 Å². The third-order valence-corrected chi connectivity index (χ3v) is 6.27. The summed E-state index contributed by atoms with van der Waals surface area (Å²) in [4.78, 5) is 21.4. The van der Waals surface area contributed by atoms with E-state index in [0.717, 1.165) is 70.4 Å². The van der Waals surface area contributed by atoms with Crippen LogP contribution >= 0.6 is 0 Å². The molecule has 1 saturated carbocycles. The Hall–Kier alpha value is -2.33. The smallest absolute Gasteiger partial charge is 0.233 e. The van der Waals surface area contributed by atoms with Crippen LogP contribution in [-0.4, -0.2) is 61.2 Å². The zero-order chi connectivity index (χ0) is 19.5. The minimum atomic E-state index is 0.141. The van der Waals surface area contributed by atoms with Gasteiger partial charge in [0.1, 0.15) is 11.6 Å². The molecular weight excluding hydrogens is 354 g/mol. The molecule has 7 nitrogen and oxygen atoms in total. The van der Waals surface area contributed by atoms with Gasteiger partial charge in [-0.3, -0.25) is 9.69 Å². The number of carbonyl (C=O) groups is 1. The van der Waals surface area contributed by atoms with Crippen molar-refractivity contribution in [1.29, 1.82) is 5.26 Å². The van der Waals surface area contributed by atoms with Crippen LogP contribution in [0.15, 0.2) is 12.3 Å². The van der Waals surface area contributed by atoms with Crippen LogP contribution in [0, 0.1) is 17.2 Å². The summed E-state index contributed by atoms with van der Waals surface area (Å²) in [6, 6.07) is 5.10. The fraction of sp³-hybridized carbons (Fsp3) is 0.667. The van der Waals surface area contributed by atoms with Crippen LogP contribution in [0.4, 0.5) is 5.69 Å². The maximum absolute atomic E-state index is 12.5. The molecule has 1 N–H and O–H groups in total. The third kappa shape index (κ3) is 4.07. The van der Waals surface area contributed by atoms with E-state index in [1.807, 2.05) is 6.07 Å². The first kappa shape index (κ1) is 19.0. The Balaban J connectivity index is 1.35. The Morgan fingerprint density at radius 3 is 2.71 bits per heavy atom. The predicted octanol–water partition coefficient (Wildman–Crippen LogP) is 1.92. The van der Waals surface area contributed by atoms with Crippen LogP contribution in [0.3, 0.4) is 0 Å². The summed E-state index contributed by atoms with van der Waals surface area (Å²) in [6.07, 6.45) is 8.20. The molecule has 1 aromatic heterocycles. The molecule has 1 amide bonds. The molecule has 2 saturated heterocycles. The lowest BCUT2D eigenvalue weighted by molar-refractivity contribution is -0.127. The van der Waals surface area contributed by atoms with Gasteiger partial charge in [-0.15, -0.1) is 0 Å². The number of methoxy groups -OCH3 is 1. The monoisotopic (exact) mass is 383 g/mol. The first-order valence-electron chi connectivity index (χ1n) is 10.4. The Labute approximate surface area is 166 Å². The van der Waals surface area contributed by atoms with Crippen molar-refractivity contribution in [2.75, 3.05) is 38.2 Å². The second-order valence-electron chi connectivity index (χ2n) is 8.16. The number of pyridine rings is 1. The second-order valence-corrected chi connectivity index (χ2v) is 8.16. The molecule has 1 aliphatic carbocycles. The molecule has 0 bridgehead atoms. The van der Waals surface area contributed by atoms with Gasteiger partial charge >= 0.3 is 0 Å². The average molecular weight is 383 g/mol. The van der Waals surface area contributed by atoms with Crippen molar-refractivity contribution in [2.24, 2.45) is 5.92 Å². The van der Waals surface area contributed by atoms with Crippen molar-refractivity contribution in [3.8, 4) is 11.9 Å². The lowest BCUT2D eigenvalue weighted by Crippen LogP contribution is -2.51. The van der Waals surface area contributed by atoms with Gasteiger partial charge < -0.3 is 15.0 Å². The molecule has 3 aliphatic rings. The summed E-state index contributed by atoms with van der Waals surface area (Å²) in [7, 11) is 1.55. The Kier molecular flexibility index (Phi) is 5.67. The van der Waals surface area contributed by atoms with Gasteiger partial charge in [0.2, 0.25) is 11.8 Å². The minimum absolute atomic E-state index is 0.141. The van der Waals surface area contributed by atoms with Crippen LogP contribution in [0.2, 0.25) is 0 Å². The van der Waals surface area contributed by atoms with E-state index in [1.165, 1.54) is 0 Å². The number of carbonyl (C=O) groups excluding carboxylic acids is 1. The van der Waals surface area contributed by atoms with Gasteiger partial charge in [0.25, 0.3) is 0 Å². The van der Waals surface area contributed by atoms with E-state index in [2.05, 4.69) is 26.2 Å². The summed E-state index contributed by atoms with van der Waals surface area (Å²) in [5.74, 6) is 0.789. The molecule has 0 radical (unpaired) electrons. The number of ether oxygens (including phenoxy) is 1. The number of likely N-dealkylation sites (tertiary alicyclic amines) is 1. The van der Waals surface area contributed by atoms with E-state index in [9.17, 15) is 10.1 Å². The van der Waals surface area contributed by atoms with Gasteiger partial charge in [0.15, 0.2) is 0 Å². The van der Waals surface area contributed by atoms with Crippen LogP contribution in [-0.2, 0) is 4.79 Å². The van der Waals surface area contributed by atoms with Gasteiger partial charge in [0.05, 0.1) is 18.7 Å². The summed E-state index contributed by atoms with van der Waals surface area (Å²) < 4.78 is 5.24. The highest BCUT2D eigenvalue weighted by Gasteiger charge is 2.34. The highest BCUT2D eigenvalue weighted by molar-refractivity contribution is 5.79. The largest absolute Gasteiger partial charge is 0.480 e. The maximum atomic E-state index is 12.5. The number of nitriles is 1. The molecule has 1 aromatic rings. The van der Waals surface area contributed by atoms with E-state index in [-0.39, 0.29) is 11.8 Å². The number of amides is 1. The number of nitrogens with zero attached hydrogens (tertiary/aromatic N) is 4. The predicted molar refractivity (Wildman–Crippen MR) is 106 cm³/mol. The van der Waals surface area contributed by atoms with E-state index in [4.69, 9.17) is 4.74 Å². The van der Waals surface area contributed by atoms with Crippen molar-refractivity contribution < 1.29 is 9.53 Å². The molecule has 0 aromatic carbocycles. The van der Waals surface area contributed by atoms with Crippen molar-refractivity contribution >= 4 is 11.6 Å². The number of hydrogen-bond acceptors (Lipinski definition) is 6. The first-order chi connectivity index (χ1) is 13.7. The molecule has 150 valence electrons. The molecule has 0 spiro atoms. The highest BCUT2D eigenvalue weighted by atomic mass is 16.5. The fourth-order valence-electron chi connectivity index (χ4n) is 4.53. The summed E-state index contributed by atoms with van der Waals surface area (Å²) in [5, 5.41) is 12.7. The number of rotatable bonds is 5. The van der Waals surface area contributed by atoms with Crippen molar-refractivity contribution in [2.45, 2.75) is 50.6 Å². The molecule has 3 heterocycles. The van der Waals surface area contributed by atoms with Gasteiger partial charge in [-0.2, -0.15) is 5.26 Å². The van der Waals surface area contributed by atoms with Crippen LogP contribution < -0.4 is 15.0 Å². The SMILES string of the molecule is COc1nccc(N2CCC(N3CCCC(C(=O)NC4CC4)C3)CC2)c1C#N. The molecular formula is C21H29N5O2. The lowest BCUT2D eigenvalue weighted by Gasteiger charge is -2.42. The first-order valence-corrected chi connectivity index (χ1v) is 10.4. The van der Waals surface area contributed by atoms with Crippen molar-refractivity contribution in [1.82, 2.24) is 15.2 Å². The molecule has 1 atom stereocenters. The van der Waals surface area contributed by atoms with E-state index in [1.54, 1.807) is 13.3 Å². The quantitative estimate of drug-likeness (QED) is 0.837. The zero-order valence-electron chi connectivity index (χ0n) is 16.6. The summed E-state index contributed by atoms with van der Waals surface area (Å²) in [5.41, 5.74) is 1.42. The maximum Gasteiger partial charge on any atom is 0.233 e. The second kappa shape index (κ2) is 8.36. The Morgan fingerprint density at radius 2 is 2.04 bits per heavy atom. The minimum Gasteiger partial charge on any atom is -0.480 e. The molecule has 1 unspecified atom stereocenters. The summed E-state index contributed by atoms with van der Waals surface area (Å²) >= 11 is 0. The topological polar surface area (TPSA) is 81.5 Å². The van der Waals surface area contributed by atoms with Crippen LogP contribution in [0.1, 0.15) is 44.1 Å². The molecule has 4 rings (SSSR count). The Bertz CT molecular complexity index is 750. The average Bonchev–Trinajstić information content (AvgIpc) is 3.57. The molecule has 3 fully saturated rings. The number of anilines is 1. The number of aromatic nitrogens is 1. The van der Waals surface area contributed by atoms with Crippen LogP contribution in [0.5, 0.6) is 5.88 Å². The zero-order valence-corrected chi connectivity index (χ0v) is 16.6. The molecule has 2 aliphatic heterocycles. The number of nitrogens with one attached hydrogen (secondary N) is 1. The summed E-state index contributed by atoms with van der Waals surface area (Å²) in [6.45, 7) is 3.78. The van der Waals surface area contributed by atoms with Gasteiger partial charge in [-0.05, 0) is 51.1 Å².